The number of ether oxygens (including phenoxy) is 1. The number of nitrogens with zero attached hydrogens (tertiary/aromatic N) is 3. The molecule has 8 heteroatoms. The molecule has 0 bridgehead atoms. The Morgan fingerprint density at radius 1 is 1.33 bits per heavy atom. The van der Waals surface area contributed by atoms with Crippen molar-refractivity contribution in [3.05, 3.63) is 17.5 Å². The summed E-state index contributed by atoms with van der Waals surface area (Å²) in [6, 6.07) is -0.215. The lowest BCUT2D eigenvalue weighted by Crippen LogP contribution is -2.40. The number of aryl methyl sites for hydroxylation is 1. The highest BCUT2D eigenvalue weighted by atomic mass is 16.5. The van der Waals surface area contributed by atoms with Gasteiger partial charge in [-0.05, 0) is 33.6 Å². The number of aromatic nitrogens is 2. The molecule has 2 amide bonds. The molecule has 27 heavy (non-hydrogen) atoms. The van der Waals surface area contributed by atoms with Gasteiger partial charge in [-0.25, -0.2) is 14.8 Å². The van der Waals surface area contributed by atoms with E-state index in [1.54, 1.807) is 13.1 Å². The van der Waals surface area contributed by atoms with Crippen LogP contribution in [0.4, 0.5) is 10.7 Å². The Bertz CT molecular complexity index is 646. The van der Waals surface area contributed by atoms with Crippen LogP contribution in [-0.2, 0) is 9.53 Å². The van der Waals surface area contributed by atoms with Gasteiger partial charge in [0.05, 0.1) is 12.6 Å². The van der Waals surface area contributed by atoms with Crippen LogP contribution in [0.2, 0.25) is 0 Å². The van der Waals surface area contributed by atoms with Crippen molar-refractivity contribution in [3.8, 4) is 0 Å². The van der Waals surface area contributed by atoms with Crippen molar-refractivity contribution in [1.82, 2.24) is 20.6 Å². The lowest BCUT2D eigenvalue weighted by atomic mass is 9.95. The van der Waals surface area contributed by atoms with Gasteiger partial charge in [0.2, 0.25) is 5.95 Å². The summed E-state index contributed by atoms with van der Waals surface area (Å²) in [6.45, 7) is 5.63. The number of carbonyl (C=O) groups is 2. The predicted molar refractivity (Wildman–Crippen MR) is 104 cm³/mol. The molecule has 0 aliphatic heterocycles. The molecule has 1 aliphatic rings. The van der Waals surface area contributed by atoms with E-state index in [9.17, 15) is 9.59 Å². The number of rotatable bonds is 7. The van der Waals surface area contributed by atoms with E-state index in [4.69, 9.17) is 4.74 Å². The van der Waals surface area contributed by atoms with Gasteiger partial charge in [0.1, 0.15) is 6.54 Å². The van der Waals surface area contributed by atoms with Crippen LogP contribution in [0.25, 0.3) is 0 Å². The summed E-state index contributed by atoms with van der Waals surface area (Å²) >= 11 is 0. The minimum atomic E-state index is -0.463. The van der Waals surface area contributed by atoms with Gasteiger partial charge in [-0.1, -0.05) is 19.3 Å². The van der Waals surface area contributed by atoms with E-state index in [-0.39, 0.29) is 19.2 Å². The fourth-order valence-electron chi connectivity index (χ4n) is 3.38. The zero-order chi connectivity index (χ0) is 19.8. The average molecular weight is 377 g/mol. The Labute approximate surface area is 161 Å². The van der Waals surface area contributed by atoms with Crippen molar-refractivity contribution in [3.63, 3.8) is 0 Å². The zero-order valence-electron chi connectivity index (χ0n) is 16.7. The Morgan fingerprint density at radius 3 is 2.67 bits per heavy atom. The molecule has 1 aromatic rings. The molecule has 0 aromatic carbocycles. The number of urea groups is 1. The first-order chi connectivity index (χ1) is 12.9. The maximum absolute atomic E-state index is 11.9. The number of hydrogen-bond acceptors (Lipinski definition) is 6. The Morgan fingerprint density at radius 2 is 2.04 bits per heavy atom. The summed E-state index contributed by atoms with van der Waals surface area (Å²) < 4.78 is 4.78. The largest absolute Gasteiger partial charge is 0.465 e. The first-order valence-corrected chi connectivity index (χ1v) is 9.68. The van der Waals surface area contributed by atoms with E-state index in [0.717, 1.165) is 17.2 Å². The maximum atomic E-state index is 11.9. The van der Waals surface area contributed by atoms with Gasteiger partial charge in [-0.2, -0.15) is 0 Å². The molecule has 0 radical (unpaired) electrons. The molecule has 1 atom stereocenters. The molecule has 1 aliphatic carbocycles. The third-order valence-electron chi connectivity index (χ3n) is 4.96. The first-order valence-electron chi connectivity index (χ1n) is 9.68. The molecule has 1 saturated carbocycles. The van der Waals surface area contributed by atoms with E-state index < -0.39 is 12.0 Å². The standard InChI is InChI=1S/C19H31N5O3/c1-5-27-17(25)12-21-19(26)23-14(3)16-11-20-18(22-13(16)2)24(4)15-9-7-6-8-10-15/h11,14-15H,5-10,12H2,1-4H3,(H2,21,23,26). The highest BCUT2D eigenvalue weighted by molar-refractivity contribution is 5.80. The second-order valence-electron chi connectivity index (χ2n) is 6.97. The van der Waals surface area contributed by atoms with E-state index >= 15 is 0 Å². The smallest absolute Gasteiger partial charge is 0.325 e. The highest BCUT2D eigenvalue weighted by Crippen LogP contribution is 2.25. The quantitative estimate of drug-likeness (QED) is 0.709. The second kappa shape index (κ2) is 10.1. The number of esters is 1. The van der Waals surface area contributed by atoms with E-state index in [1.165, 1.54) is 32.1 Å². The number of nitrogens with one attached hydrogen (secondary N) is 2. The zero-order valence-corrected chi connectivity index (χ0v) is 16.7. The molecule has 0 spiro atoms. The van der Waals surface area contributed by atoms with Crippen LogP contribution in [0.3, 0.4) is 0 Å². The van der Waals surface area contributed by atoms with Gasteiger partial charge in [-0.3, -0.25) is 4.79 Å². The van der Waals surface area contributed by atoms with E-state index in [1.807, 2.05) is 13.8 Å². The SMILES string of the molecule is CCOC(=O)CNC(=O)NC(C)c1cnc(N(C)C2CCCCC2)nc1C. The fourth-order valence-corrected chi connectivity index (χ4v) is 3.38. The van der Waals surface area contributed by atoms with Crippen molar-refractivity contribution in [1.29, 1.82) is 0 Å². The minimum absolute atomic E-state index is 0.160. The van der Waals surface area contributed by atoms with Gasteiger partial charge in [0.15, 0.2) is 0 Å². The highest BCUT2D eigenvalue weighted by Gasteiger charge is 2.21. The molecule has 2 rings (SSSR count). The molecule has 8 nitrogen and oxygen atoms in total. The van der Waals surface area contributed by atoms with Crippen LogP contribution in [0.5, 0.6) is 0 Å². The first kappa shape index (κ1) is 20.9. The van der Waals surface area contributed by atoms with Gasteiger partial charge in [0.25, 0.3) is 0 Å². The van der Waals surface area contributed by atoms with Gasteiger partial charge in [-0.15, -0.1) is 0 Å². The molecule has 1 unspecified atom stereocenters. The second-order valence-corrected chi connectivity index (χ2v) is 6.97. The minimum Gasteiger partial charge on any atom is -0.465 e. The summed E-state index contributed by atoms with van der Waals surface area (Å²) in [5, 5.41) is 5.28. The van der Waals surface area contributed by atoms with E-state index in [2.05, 4.69) is 32.5 Å². The molecule has 2 N–H and O–H groups in total. The number of hydrogen-bond donors (Lipinski definition) is 2. The summed E-state index contributed by atoms with van der Waals surface area (Å²) in [5.41, 5.74) is 1.68. The van der Waals surface area contributed by atoms with Crippen LogP contribution >= 0.6 is 0 Å². The average Bonchev–Trinajstić information content (AvgIpc) is 2.66. The van der Waals surface area contributed by atoms with Gasteiger partial charge < -0.3 is 20.3 Å². The molecular weight excluding hydrogens is 346 g/mol. The molecule has 150 valence electrons. The summed E-state index contributed by atoms with van der Waals surface area (Å²) in [6.07, 6.45) is 7.96. The predicted octanol–water partition coefficient (Wildman–Crippen LogP) is 2.48. The lowest BCUT2D eigenvalue weighted by Gasteiger charge is -2.31. The van der Waals surface area contributed by atoms with Gasteiger partial charge >= 0.3 is 12.0 Å². The third-order valence-corrected chi connectivity index (χ3v) is 4.96. The van der Waals surface area contributed by atoms with Crippen LogP contribution in [0, 0.1) is 6.92 Å². The number of carbonyl (C=O) groups excluding carboxylic acids is 2. The Kier molecular flexibility index (Phi) is 7.82. The van der Waals surface area contributed by atoms with Crippen molar-refractivity contribution >= 4 is 17.9 Å². The third kappa shape index (κ3) is 6.08. The van der Waals surface area contributed by atoms with Crippen LogP contribution < -0.4 is 15.5 Å². The van der Waals surface area contributed by atoms with Crippen molar-refractivity contribution < 1.29 is 14.3 Å². The van der Waals surface area contributed by atoms with Crippen molar-refractivity contribution in [2.75, 3.05) is 25.1 Å². The van der Waals surface area contributed by atoms with E-state index in [0.29, 0.717) is 6.04 Å². The van der Waals surface area contributed by atoms with Crippen LogP contribution in [0.15, 0.2) is 6.20 Å². The Hall–Kier alpha value is -2.38. The topological polar surface area (TPSA) is 96.4 Å². The molecular formula is C19H31N5O3. The normalized spacial score (nSPS) is 15.7. The Balaban J connectivity index is 1.93. The van der Waals surface area contributed by atoms with Crippen molar-refractivity contribution in [2.24, 2.45) is 0 Å². The molecule has 1 aromatic heterocycles. The summed E-state index contributed by atoms with van der Waals surface area (Å²) in [7, 11) is 2.05. The maximum Gasteiger partial charge on any atom is 0.325 e. The lowest BCUT2D eigenvalue weighted by molar-refractivity contribution is -0.141. The number of anilines is 1. The van der Waals surface area contributed by atoms with Crippen LogP contribution in [-0.4, -0.2) is 48.2 Å². The fraction of sp³-hybridized carbons (Fsp3) is 0.684. The molecule has 1 heterocycles. The molecule has 1 fully saturated rings. The molecule has 0 saturated heterocycles. The van der Waals surface area contributed by atoms with Gasteiger partial charge in [0, 0.05) is 30.5 Å². The monoisotopic (exact) mass is 377 g/mol. The van der Waals surface area contributed by atoms with Crippen molar-refractivity contribution in [2.45, 2.75) is 65.0 Å². The summed E-state index contributed by atoms with van der Waals surface area (Å²) in [5.74, 6) is 0.261. The van der Waals surface area contributed by atoms with Crippen LogP contribution in [0.1, 0.15) is 63.3 Å². The summed E-state index contributed by atoms with van der Waals surface area (Å²) in [4.78, 5) is 34.6. The number of amides is 2.